The maximum absolute atomic E-state index is 9.52. The van der Waals surface area contributed by atoms with E-state index in [1.165, 1.54) is 0 Å². The summed E-state index contributed by atoms with van der Waals surface area (Å²) in [7, 11) is 1.61. The van der Waals surface area contributed by atoms with Crippen molar-refractivity contribution in [2.24, 2.45) is 0 Å². The van der Waals surface area contributed by atoms with Gasteiger partial charge >= 0.3 is 0 Å². The Labute approximate surface area is 150 Å². The number of hydrogen-bond acceptors (Lipinski definition) is 5. The summed E-state index contributed by atoms with van der Waals surface area (Å²) < 4.78 is 8.87. The van der Waals surface area contributed by atoms with Crippen LogP contribution in [-0.2, 0) is 6.42 Å². The zero-order chi connectivity index (χ0) is 18.1. The molecular weight excluding hydrogens is 328 g/mol. The molecule has 7 heteroatoms. The van der Waals surface area contributed by atoms with Gasteiger partial charge in [0.25, 0.3) is 0 Å². The fourth-order valence-electron chi connectivity index (χ4n) is 2.90. The molecule has 0 aliphatic heterocycles. The lowest BCUT2D eigenvalue weighted by Gasteiger charge is -2.06. The van der Waals surface area contributed by atoms with Gasteiger partial charge in [-0.05, 0) is 36.8 Å². The van der Waals surface area contributed by atoms with Crippen LogP contribution in [0.25, 0.3) is 11.3 Å². The highest BCUT2D eigenvalue weighted by molar-refractivity contribution is 5.54. The van der Waals surface area contributed by atoms with Crippen molar-refractivity contribution in [2.45, 2.75) is 13.3 Å². The third-order valence-corrected chi connectivity index (χ3v) is 4.12. The van der Waals surface area contributed by atoms with Crippen LogP contribution in [0.2, 0.25) is 0 Å². The highest BCUT2D eigenvalue weighted by Crippen LogP contribution is 2.20. The molecule has 4 aromatic rings. The Bertz CT molecular complexity index is 1130. The topological polar surface area (TPSA) is 81.0 Å². The number of nitrogens with zero attached hydrogens (tertiary/aromatic N) is 6. The van der Waals surface area contributed by atoms with Crippen molar-refractivity contribution in [3.63, 3.8) is 0 Å². The van der Waals surface area contributed by atoms with Gasteiger partial charge in [0.2, 0.25) is 0 Å². The standard InChI is InChI=1S/C19H16N6O/c1-13-11-24(12-21-13)16-6-5-14(8-15(16)10-20)9-18-22-19-17(26-2)4-3-7-25(19)23-18/h3-8,11-12H,9H2,1-2H3. The van der Waals surface area contributed by atoms with Gasteiger partial charge in [0.1, 0.15) is 6.07 Å². The number of imidazole rings is 1. The van der Waals surface area contributed by atoms with Gasteiger partial charge < -0.3 is 9.30 Å². The molecule has 0 amide bonds. The number of rotatable bonds is 4. The van der Waals surface area contributed by atoms with Crippen molar-refractivity contribution >= 4 is 5.65 Å². The van der Waals surface area contributed by atoms with Crippen molar-refractivity contribution in [1.82, 2.24) is 24.1 Å². The maximum Gasteiger partial charge on any atom is 0.198 e. The molecule has 0 unspecified atom stereocenters. The molecule has 0 atom stereocenters. The van der Waals surface area contributed by atoms with E-state index in [1.807, 2.05) is 54.2 Å². The van der Waals surface area contributed by atoms with Crippen LogP contribution in [0.5, 0.6) is 5.75 Å². The second kappa shape index (κ2) is 6.33. The number of ether oxygens (including phenoxy) is 1. The molecule has 0 aliphatic carbocycles. The van der Waals surface area contributed by atoms with E-state index >= 15 is 0 Å². The molecule has 0 aliphatic rings. The number of aromatic nitrogens is 5. The first-order valence-corrected chi connectivity index (χ1v) is 8.10. The van der Waals surface area contributed by atoms with Gasteiger partial charge in [0, 0.05) is 18.8 Å². The Morgan fingerprint density at radius 2 is 2.15 bits per heavy atom. The zero-order valence-corrected chi connectivity index (χ0v) is 14.4. The molecule has 128 valence electrons. The van der Waals surface area contributed by atoms with Crippen LogP contribution in [0.15, 0.2) is 49.1 Å². The molecule has 0 bridgehead atoms. The van der Waals surface area contributed by atoms with Crippen LogP contribution in [0, 0.1) is 18.3 Å². The van der Waals surface area contributed by atoms with Crippen LogP contribution in [0.1, 0.15) is 22.6 Å². The summed E-state index contributed by atoms with van der Waals surface area (Å²) in [5.41, 5.74) is 3.94. The zero-order valence-electron chi connectivity index (χ0n) is 14.4. The average molecular weight is 344 g/mol. The third-order valence-electron chi connectivity index (χ3n) is 4.12. The number of aryl methyl sites for hydroxylation is 1. The summed E-state index contributed by atoms with van der Waals surface area (Å²) >= 11 is 0. The lowest BCUT2D eigenvalue weighted by Crippen LogP contribution is -1.98. The van der Waals surface area contributed by atoms with Gasteiger partial charge in [-0.25, -0.2) is 14.5 Å². The maximum atomic E-state index is 9.52. The van der Waals surface area contributed by atoms with E-state index in [4.69, 9.17) is 4.74 Å². The number of fused-ring (bicyclic) bond motifs is 1. The van der Waals surface area contributed by atoms with Crippen molar-refractivity contribution in [3.05, 3.63) is 71.7 Å². The Hall–Kier alpha value is -3.66. The summed E-state index contributed by atoms with van der Waals surface area (Å²) in [4.78, 5) is 8.77. The molecule has 3 heterocycles. The lowest BCUT2D eigenvalue weighted by atomic mass is 10.1. The highest BCUT2D eigenvalue weighted by Gasteiger charge is 2.11. The fraction of sp³-hybridized carbons (Fsp3) is 0.158. The van der Waals surface area contributed by atoms with E-state index in [2.05, 4.69) is 21.1 Å². The molecule has 1 aromatic carbocycles. The van der Waals surface area contributed by atoms with E-state index in [-0.39, 0.29) is 0 Å². The normalized spacial score (nSPS) is 10.8. The molecule has 0 radical (unpaired) electrons. The second-order valence-electron chi connectivity index (χ2n) is 5.94. The van der Waals surface area contributed by atoms with Crippen LogP contribution in [0.3, 0.4) is 0 Å². The van der Waals surface area contributed by atoms with Gasteiger partial charge in [-0.2, -0.15) is 10.4 Å². The highest BCUT2D eigenvalue weighted by atomic mass is 16.5. The van der Waals surface area contributed by atoms with Crippen molar-refractivity contribution in [3.8, 4) is 17.5 Å². The van der Waals surface area contributed by atoms with Gasteiger partial charge in [-0.1, -0.05) is 6.07 Å². The number of nitriles is 1. The first-order valence-electron chi connectivity index (χ1n) is 8.10. The quantitative estimate of drug-likeness (QED) is 0.568. The van der Waals surface area contributed by atoms with E-state index in [9.17, 15) is 5.26 Å². The number of benzene rings is 1. The Morgan fingerprint density at radius 3 is 2.88 bits per heavy atom. The molecule has 0 saturated carbocycles. The van der Waals surface area contributed by atoms with Crippen LogP contribution < -0.4 is 4.74 Å². The van der Waals surface area contributed by atoms with Crippen molar-refractivity contribution in [1.29, 1.82) is 5.26 Å². The van der Waals surface area contributed by atoms with E-state index in [0.717, 1.165) is 16.9 Å². The molecular formula is C19H16N6O. The molecule has 0 N–H and O–H groups in total. The van der Waals surface area contributed by atoms with E-state index in [1.54, 1.807) is 18.0 Å². The SMILES string of the molecule is COc1cccn2nc(Cc3ccc(-n4cnc(C)c4)c(C#N)c3)nc12. The van der Waals surface area contributed by atoms with Gasteiger partial charge in [0.15, 0.2) is 17.2 Å². The predicted octanol–water partition coefficient (Wildman–Crippen LogP) is 2.69. The molecule has 0 spiro atoms. The Kier molecular flexibility index (Phi) is 3.86. The molecule has 7 nitrogen and oxygen atoms in total. The Balaban J connectivity index is 1.68. The molecule has 26 heavy (non-hydrogen) atoms. The fourth-order valence-corrected chi connectivity index (χ4v) is 2.90. The minimum atomic E-state index is 0.531. The summed E-state index contributed by atoms with van der Waals surface area (Å²) in [5.74, 6) is 1.35. The van der Waals surface area contributed by atoms with Crippen LogP contribution in [0.4, 0.5) is 0 Å². The smallest absolute Gasteiger partial charge is 0.198 e. The van der Waals surface area contributed by atoms with Gasteiger partial charge in [-0.3, -0.25) is 0 Å². The largest absolute Gasteiger partial charge is 0.493 e. The first-order chi connectivity index (χ1) is 12.7. The Morgan fingerprint density at radius 1 is 1.27 bits per heavy atom. The van der Waals surface area contributed by atoms with Crippen molar-refractivity contribution in [2.75, 3.05) is 7.11 Å². The molecule has 0 fully saturated rings. The van der Waals surface area contributed by atoms with Crippen LogP contribution in [-0.4, -0.2) is 31.3 Å². The third kappa shape index (κ3) is 2.78. The first kappa shape index (κ1) is 15.8. The summed E-state index contributed by atoms with van der Waals surface area (Å²) in [6, 6.07) is 11.7. The molecule has 4 rings (SSSR count). The molecule has 0 saturated heterocycles. The van der Waals surface area contributed by atoms with Crippen LogP contribution >= 0.6 is 0 Å². The minimum Gasteiger partial charge on any atom is -0.493 e. The van der Waals surface area contributed by atoms with E-state index < -0.39 is 0 Å². The van der Waals surface area contributed by atoms with Gasteiger partial charge in [0.05, 0.1) is 30.4 Å². The average Bonchev–Trinajstić information content (AvgIpc) is 3.26. The molecule has 3 aromatic heterocycles. The second-order valence-corrected chi connectivity index (χ2v) is 5.94. The predicted molar refractivity (Wildman–Crippen MR) is 95.4 cm³/mol. The monoisotopic (exact) mass is 344 g/mol. The number of methoxy groups -OCH3 is 1. The lowest BCUT2D eigenvalue weighted by molar-refractivity contribution is 0.416. The summed E-state index contributed by atoms with van der Waals surface area (Å²) in [6.07, 6.45) is 5.97. The summed E-state index contributed by atoms with van der Waals surface area (Å²) in [5, 5.41) is 14.0. The minimum absolute atomic E-state index is 0.531. The number of hydrogen-bond donors (Lipinski definition) is 0. The summed E-state index contributed by atoms with van der Waals surface area (Å²) in [6.45, 7) is 1.92. The van der Waals surface area contributed by atoms with Gasteiger partial charge in [-0.15, -0.1) is 0 Å². The van der Waals surface area contributed by atoms with Crippen molar-refractivity contribution < 1.29 is 4.74 Å². The van der Waals surface area contributed by atoms with E-state index in [0.29, 0.717) is 29.2 Å². The number of pyridine rings is 1.